The van der Waals surface area contributed by atoms with Gasteiger partial charge in [-0.05, 0) is 37.1 Å². The molecular weight excluding hydrogens is 288 g/mol. The highest BCUT2D eigenvalue weighted by molar-refractivity contribution is 5.72. The molecule has 4 rings (SSSR count). The molecule has 5 heteroatoms. The highest BCUT2D eigenvalue weighted by Crippen LogP contribution is 2.20. The van der Waals surface area contributed by atoms with Crippen molar-refractivity contribution in [1.29, 1.82) is 0 Å². The molecule has 0 aromatic carbocycles. The summed E-state index contributed by atoms with van der Waals surface area (Å²) in [6.07, 6.45) is 7.79. The van der Waals surface area contributed by atoms with E-state index in [0.717, 1.165) is 49.3 Å². The molecule has 1 aliphatic rings. The van der Waals surface area contributed by atoms with Crippen molar-refractivity contribution >= 4 is 16.8 Å². The monoisotopic (exact) mass is 308 g/mol. The Morgan fingerprint density at radius 2 is 1.96 bits per heavy atom. The van der Waals surface area contributed by atoms with E-state index in [2.05, 4.69) is 32.3 Å². The third-order valence-corrected chi connectivity index (χ3v) is 4.43. The van der Waals surface area contributed by atoms with Crippen LogP contribution >= 0.6 is 0 Å². The van der Waals surface area contributed by atoms with Crippen LogP contribution in [0.4, 0.5) is 5.69 Å². The minimum atomic E-state index is 0.536. The molecule has 0 spiro atoms. The second-order valence-electron chi connectivity index (χ2n) is 5.95. The molecule has 1 saturated heterocycles. The van der Waals surface area contributed by atoms with E-state index in [-0.39, 0.29) is 0 Å². The quantitative estimate of drug-likeness (QED) is 0.803. The summed E-state index contributed by atoms with van der Waals surface area (Å²) >= 11 is 0. The van der Waals surface area contributed by atoms with Crippen LogP contribution in [-0.4, -0.2) is 29.1 Å². The number of hydrogen-bond acceptors (Lipinski definition) is 5. The van der Waals surface area contributed by atoms with Gasteiger partial charge in [0.1, 0.15) is 11.3 Å². The summed E-state index contributed by atoms with van der Waals surface area (Å²) in [6.45, 7) is 2.91. The molecule has 0 atom stereocenters. The lowest BCUT2D eigenvalue weighted by atomic mass is 10.0. The number of piperidine rings is 1. The van der Waals surface area contributed by atoms with E-state index in [9.17, 15) is 0 Å². The minimum absolute atomic E-state index is 0.536. The fourth-order valence-electron chi connectivity index (χ4n) is 3.15. The van der Waals surface area contributed by atoms with Gasteiger partial charge in [-0.15, -0.1) is 0 Å². The van der Waals surface area contributed by atoms with Gasteiger partial charge in [-0.3, -0.25) is 9.97 Å². The number of nitrogens with one attached hydrogen (secondary N) is 1. The van der Waals surface area contributed by atoms with Gasteiger partial charge < -0.3 is 14.6 Å². The molecule has 3 aromatic heterocycles. The number of hydrogen-bond donors (Lipinski definition) is 1. The Morgan fingerprint density at radius 3 is 2.74 bits per heavy atom. The van der Waals surface area contributed by atoms with Crippen LogP contribution in [0.2, 0.25) is 0 Å². The number of rotatable bonds is 4. The molecule has 0 aliphatic carbocycles. The average molecular weight is 308 g/mol. The molecule has 0 unspecified atom stereocenters. The number of nitrogens with zero attached hydrogens (tertiary/aromatic N) is 3. The molecule has 1 N–H and O–H groups in total. The zero-order valence-electron chi connectivity index (χ0n) is 13.0. The predicted octanol–water partition coefficient (Wildman–Crippen LogP) is 2.98. The summed E-state index contributed by atoms with van der Waals surface area (Å²) < 4.78 is 5.81. The first-order valence-electron chi connectivity index (χ1n) is 8.10. The molecule has 23 heavy (non-hydrogen) atoms. The summed E-state index contributed by atoms with van der Waals surface area (Å²) in [6, 6.07) is 10.6. The second kappa shape index (κ2) is 6.38. The first-order valence-corrected chi connectivity index (χ1v) is 8.10. The largest absolute Gasteiger partial charge is 0.458 e. The first kappa shape index (κ1) is 14.2. The van der Waals surface area contributed by atoms with Crippen molar-refractivity contribution in [2.75, 3.05) is 18.0 Å². The zero-order chi connectivity index (χ0) is 15.5. The van der Waals surface area contributed by atoms with E-state index in [1.807, 2.05) is 30.6 Å². The van der Waals surface area contributed by atoms with Crippen molar-refractivity contribution in [3.05, 3.63) is 54.7 Å². The summed E-state index contributed by atoms with van der Waals surface area (Å²) in [5, 5.41) is 3.61. The third kappa shape index (κ3) is 3.19. The Morgan fingerprint density at radius 1 is 1.13 bits per heavy atom. The van der Waals surface area contributed by atoms with E-state index >= 15 is 0 Å². The van der Waals surface area contributed by atoms with E-state index in [4.69, 9.17) is 4.42 Å². The molecule has 3 aromatic rings. The van der Waals surface area contributed by atoms with Crippen LogP contribution < -0.4 is 10.2 Å². The Balaban J connectivity index is 1.31. The molecule has 118 valence electrons. The molecule has 0 bridgehead atoms. The van der Waals surface area contributed by atoms with E-state index < -0.39 is 0 Å². The fourth-order valence-corrected chi connectivity index (χ4v) is 3.15. The van der Waals surface area contributed by atoms with Crippen molar-refractivity contribution in [3.8, 4) is 0 Å². The topological polar surface area (TPSA) is 54.2 Å². The molecule has 5 nitrogen and oxygen atoms in total. The number of fused-ring (bicyclic) bond motifs is 1. The summed E-state index contributed by atoms with van der Waals surface area (Å²) in [4.78, 5) is 10.8. The standard InChI is InChI=1S/C18H20N4O/c1-2-18-17(20-7-1)12-16(23-18)13-21-14-5-10-22(11-6-14)15-3-8-19-9-4-15/h1-4,7-9,12,14,21H,5-6,10-11,13H2. The van der Waals surface area contributed by atoms with Gasteiger partial charge in [0.25, 0.3) is 0 Å². The molecule has 0 radical (unpaired) electrons. The van der Waals surface area contributed by atoms with Crippen LogP contribution in [0.15, 0.2) is 53.3 Å². The summed E-state index contributed by atoms with van der Waals surface area (Å²) in [5.74, 6) is 0.954. The van der Waals surface area contributed by atoms with Crippen LogP contribution in [0.25, 0.3) is 11.1 Å². The first-order chi connectivity index (χ1) is 11.4. The highest BCUT2D eigenvalue weighted by Gasteiger charge is 2.19. The van der Waals surface area contributed by atoms with Crippen molar-refractivity contribution in [3.63, 3.8) is 0 Å². The Kier molecular flexibility index (Phi) is 3.94. The number of anilines is 1. The number of aromatic nitrogens is 2. The number of furan rings is 1. The Hall–Kier alpha value is -2.40. The van der Waals surface area contributed by atoms with Gasteiger partial charge in [0.2, 0.25) is 0 Å². The molecular formula is C18H20N4O. The van der Waals surface area contributed by atoms with Crippen LogP contribution in [0, 0.1) is 0 Å². The minimum Gasteiger partial charge on any atom is -0.458 e. The van der Waals surface area contributed by atoms with Crippen LogP contribution in [-0.2, 0) is 6.54 Å². The predicted molar refractivity (Wildman–Crippen MR) is 90.3 cm³/mol. The Labute approximate surface area is 135 Å². The van der Waals surface area contributed by atoms with Gasteiger partial charge in [-0.25, -0.2) is 0 Å². The van der Waals surface area contributed by atoms with Crippen LogP contribution in [0.3, 0.4) is 0 Å². The lowest BCUT2D eigenvalue weighted by Gasteiger charge is -2.33. The third-order valence-electron chi connectivity index (χ3n) is 4.43. The Bertz CT molecular complexity index is 730. The zero-order valence-corrected chi connectivity index (χ0v) is 13.0. The van der Waals surface area contributed by atoms with Crippen molar-refractivity contribution in [2.45, 2.75) is 25.4 Å². The van der Waals surface area contributed by atoms with Gasteiger partial charge in [0, 0.05) is 49.5 Å². The molecule has 4 heterocycles. The van der Waals surface area contributed by atoms with E-state index in [1.54, 1.807) is 6.20 Å². The van der Waals surface area contributed by atoms with Crippen LogP contribution in [0.1, 0.15) is 18.6 Å². The highest BCUT2D eigenvalue weighted by atomic mass is 16.3. The lowest BCUT2D eigenvalue weighted by Crippen LogP contribution is -2.42. The maximum atomic E-state index is 5.81. The smallest absolute Gasteiger partial charge is 0.152 e. The lowest BCUT2D eigenvalue weighted by molar-refractivity contribution is 0.394. The summed E-state index contributed by atoms with van der Waals surface area (Å²) in [5.41, 5.74) is 3.05. The molecule has 0 amide bonds. The SMILES string of the molecule is c1cnc2cc(CNC3CCN(c4ccncc4)CC3)oc2c1. The maximum absolute atomic E-state index is 5.81. The number of pyridine rings is 2. The summed E-state index contributed by atoms with van der Waals surface area (Å²) in [7, 11) is 0. The average Bonchev–Trinajstić information content (AvgIpc) is 3.04. The molecule has 0 saturated carbocycles. The van der Waals surface area contributed by atoms with E-state index in [1.165, 1.54) is 5.69 Å². The fraction of sp³-hybridized carbons (Fsp3) is 0.333. The van der Waals surface area contributed by atoms with Gasteiger partial charge >= 0.3 is 0 Å². The van der Waals surface area contributed by atoms with Crippen molar-refractivity contribution < 1.29 is 4.42 Å². The van der Waals surface area contributed by atoms with Gasteiger partial charge in [0.15, 0.2) is 5.58 Å². The van der Waals surface area contributed by atoms with Crippen molar-refractivity contribution in [2.24, 2.45) is 0 Å². The second-order valence-corrected chi connectivity index (χ2v) is 5.95. The van der Waals surface area contributed by atoms with Gasteiger partial charge in [-0.2, -0.15) is 0 Å². The van der Waals surface area contributed by atoms with Crippen molar-refractivity contribution in [1.82, 2.24) is 15.3 Å². The molecule has 1 fully saturated rings. The van der Waals surface area contributed by atoms with E-state index in [0.29, 0.717) is 6.04 Å². The van der Waals surface area contributed by atoms with Crippen LogP contribution in [0.5, 0.6) is 0 Å². The van der Waals surface area contributed by atoms with Gasteiger partial charge in [0.05, 0.1) is 6.54 Å². The normalized spacial score (nSPS) is 16.1. The molecule has 1 aliphatic heterocycles. The maximum Gasteiger partial charge on any atom is 0.152 e. The van der Waals surface area contributed by atoms with Gasteiger partial charge in [-0.1, -0.05) is 0 Å².